The molecule has 2 heterocycles. The first-order valence-electron chi connectivity index (χ1n) is 5.97. The zero-order valence-corrected chi connectivity index (χ0v) is 10.4. The summed E-state index contributed by atoms with van der Waals surface area (Å²) in [6.07, 6.45) is 0.647. The maximum Gasteiger partial charge on any atom is 0.193 e. The van der Waals surface area contributed by atoms with E-state index in [1.54, 1.807) is 0 Å². The number of fused-ring (bicyclic) bond motifs is 1. The number of ether oxygens (including phenoxy) is 2. The number of benzene rings is 1. The first-order valence-corrected chi connectivity index (χ1v) is 5.97. The maximum absolute atomic E-state index is 10.8. The molecule has 0 N–H and O–H groups in total. The lowest BCUT2D eigenvalue weighted by Crippen LogP contribution is -2.15. The van der Waals surface area contributed by atoms with Crippen LogP contribution in [0.1, 0.15) is 16.3 Å². The normalized spacial score (nSPS) is 13.1. The van der Waals surface area contributed by atoms with Crippen molar-refractivity contribution in [3.63, 3.8) is 0 Å². The predicted octanol–water partition coefficient (Wildman–Crippen LogP) is 2.04. The van der Waals surface area contributed by atoms with Crippen LogP contribution in [0.15, 0.2) is 24.3 Å². The summed E-state index contributed by atoms with van der Waals surface area (Å²) in [5, 5.41) is 0. The van der Waals surface area contributed by atoms with Gasteiger partial charge in [-0.05, 0) is 31.2 Å². The molecule has 2 aromatic rings. The van der Waals surface area contributed by atoms with Gasteiger partial charge in [-0.25, -0.2) is 9.97 Å². The molecule has 1 aromatic heterocycles. The Morgan fingerprint density at radius 1 is 1.11 bits per heavy atom. The van der Waals surface area contributed by atoms with Crippen LogP contribution >= 0.6 is 0 Å². The number of aromatic nitrogens is 2. The standard InChI is InChI=1S/C14H12N2O3/c1-9-6-11(16-14(8-17)15-9)10-2-3-12-13(7-10)19-5-4-18-12/h2-3,6-8H,4-5H2,1H3. The second kappa shape index (κ2) is 4.68. The summed E-state index contributed by atoms with van der Waals surface area (Å²) >= 11 is 0. The van der Waals surface area contributed by atoms with Gasteiger partial charge in [0, 0.05) is 11.3 Å². The molecule has 0 unspecified atom stereocenters. The first-order chi connectivity index (χ1) is 9.26. The lowest BCUT2D eigenvalue weighted by molar-refractivity contribution is 0.111. The molecule has 5 heteroatoms. The lowest BCUT2D eigenvalue weighted by Gasteiger charge is -2.18. The molecule has 5 nitrogen and oxygen atoms in total. The molecule has 96 valence electrons. The summed E-state index contributed by atoms with van der Waals surface area (Å²) in [5.41, 5.74) is 2.33. The minimum atomic E-state index is 0.185. The van der Waals surface area contributed by atoms with Crippen molar-refractivity contribution in [3.8, 4) is 22.8 Å². The number of carbonyl (C=O) groups excluding carboxylic acids is 1. The topological polar surface area (TPSA) is 61.3 Å². The molecular formula is C14H12N2O3. The third kappa shape index (κ3) is 2.27. The van der Waals surface area contributed by atoms with Gasteiger partial charge in [-0.1, -0.05) is 0 Å². The van der Waals surface area contributed by atoms with Gasteiger partial charge in [0.2, 0.25) is 0 Å². The van der Waals surface area contributed by atoms with Crippen molar-refractivity contribution >= 4 is 6.29 Å². The predicted molar refractivity (Wildman–Crippen MR) is 68.6 cm³/mol. The van der Waals surface area contributed by atoms with Gasteiger partial charge in [-0.2, -0.15) is 0 Å². The van der Waals surface area contributed by atoms with Gasteiger partial charge in [0.1, 0.15) is 13.2 Å². The van der Waals surface area contributed by atoms with Crippen LogP contribution in [-0.4, -0.2) is 29.5 Å². The average molecular weight is 256 g/mol. The van der Waals surface area contributed by atoms with Crippen molar-refractivity contribution in [2.24, 2.45) is 0 Å². The summed E-state index contributed by atoms with van der Waals surface area (Å²) in [7, 11) is 0. The zero-order valence-electron chi connectivity index (χ0n) is 10.4. The maximum atomic E-state index is 10.8. The van der Waals surface area contributed by atoms with Crippen LogP contribution in [0.5, 0.6) is 11.5 Å². The van der Waals surface area contributed by atoms with Crippen LogP contribution in [0.2, 0.25) is 0 Å². The molecule has 0 atom stereocenters. The van der Waals surface area contributed by atoms with Crippen molar-refractivity contribution in [1.82, 2.24) is 9.97 Å². The third-order valence-corrected chi connectivity index (χ3v) is 2.81. The fourth-order valence-corrected chi connectivity index (χ4v) is 1.99. The van der Waals surface area contributed by atoms with Crippen LogP contribution in [0, 0.1) is 6.92 Å². The Morgan fingerprint density at radius 3 is 2.68 bits per heavy atom. The van der Waals surface area contributed by atoms with Gasteiger partial charge in [0.15, 0.2) is 23.6 Å². The largest absolute Gasteiger partial charge is 0.486 e. The Bertz CT molecular complexity index is 641. The van der Waals surface area contributed by atoms with E-state index in [-0.39, 0.29) is 5.82 Å². The van der Waals surface area contributed by atoms with E-state index < -0.39 is 0 Å². The zero-order chi connectivity index (χ0) is 13.2. The van der Waals surface area contributed by atoms with Crippen LogP contribution < -0.4 is 9.47 Å². The Kier molecular flexibility index (Phi) is 2.87. The summed E-state index contributed by atoms with van der Waals surface area (Å²) in [4.78, 5) is 19.0. The third-order valence-electron chi connectivity index (χ3n) is 2.81. The van der Waals surface area contributed by atoms with Crippen LogP contribution in [0.4, 0.5) is 0 Å². The number of carbonyl (C=O) groups is 1. The van der Waals surface area contributed by atoms with Gasteiger partial charge in [-0.3, -0.25) is 4.79 Å². The van der Waals surface area contributed by atoms with Crippen molar-refractivity contribution in [1.29, 1.82) is 0 Å². The van der Waals surface area contributed by atoms with E-state index in [1.165, 1.54) is 0 Å². The molecule has 0 aliphatic carbocycles. The van der Waals surface area contributed by atoms with Gasteiger partial charge >= 0.3 is 0 Å². The minimum Gasteiger partial charge on any atom is -0.486 e. The summed E-state index contributed by atoms with van der Waals surface area (Å²) in [6.45, 7) is 2.93. The molecule has 0 saturated heterocycles. The second-order valence-corrected chi connectivity index (χ2v) is 4.23. The van der Waals surface area contributed by atoms with Crippen LogP contribution in [0.25, 0.3) is 11.3 Å². The number of nitrogens with zero attached hydrogens (tertiary/aromatic N) is 2. The fraction of sp³-hybridized carbons (Fsp3) is 0.214. The number of aryl methyl sites for hydroxylation is 1. The van der Waals surface area contributed by atoms with E-state index in [4.69, 9.17) is 9.47 Å². The SMILES string of the molecule is Cc1cc(-c2ccc3c(c2)OCCO3)nc(C=O)n1. The Morgan fingerprint density at radius 2 is 1.89 bits per heavy atom. The summed E-state index contributed by atoms with van der Waals surface area (Å²) in [5.74, 6) is 1.62. The molecule has 1 aliphatic rings. The van der Waals surface area contributed by atoms with E-state index in [0.29, 0.717) is 30.9 Å². The highest BCUT2D eigenvalue weighted by molar-refractivity contribution is 5.72. The second-order valence-electron chi connectivity index (χ2n) is 4.23. The van der Waals surface area contributed by atoms with Gasteiger partial charge in [-0.15, -0.1) is 0 Å². The fourth-order valence-electron chi connectivity index (χ4n) is 1.99. The van der Waals surface area contributed by atoms with E-state index >= 15 is 0 Å². The number of hydrogen-bond donors (Lipinski definition) is 0. The van der Waals surface area contributed by atoms with Crippen LogP contribution in [0.3, 0.4) is 0 Å². The van der Waals surface area contributed by atoms with Gasteiger partial charge in [0.05, 0.1) is 5.69 Å². The van der Waals surface area contributed by atoms with Gasteiger partial charge in [0.25, 0.3) is 0 Å². The molecule has 0 saturated carbocycles. The van der Waals surface area contributed by atoms with E-state index in [1.807, 2.05) is 31.2 Å². The van der Waals surface area contributed by atoms with Crippen molar-refractivity contribution in [2.45, 2.75) is 6.92 Å². The van der Waals surface area contributed by atoms with E-state index in [2.05, 4.69) is 9.97 Å². The van der Waals surface area contributed by atoms with E-state index in [0.717, 1.165) is 17.0 Å². The highest BCUT2D eigenvalue weighted by Gasteiger charge is 2.13. The molecule has 0 bridgehead atoms. The summed E-state index contributed by atoms with van der Waals surface area (Å²) in [6, 6.07) is 7.44. The highest BCUT2D eigenvalue weighted by Crippen LogP contribution is 2.33. The van der Waals surface area contributed by atoms with Crippen LogP contribution in [-0.2, 0) is 0 Å². The molecule has 1 aliphatic heterocycles. The highest BCUT2D eigenvalue weighted by atomic mass is 16.6. The molecule has 0 radical (unpaired) electrons. The molecule has 3 rings (SSSR count). The number of hydrogen-bond acceptors (Lipinski definition) is 5. The molecule has 1 aromatic carbocycles. The monoisotopic (exact) mass is 256 g/mol. The van der Waals surface area contributed by atoms with E-state index in [9.17, 15) is 4.79 Å². The quantitative estimate of drug-likeness (QED) is 0.769. The van der Waals surface area contributed by atoms with Crippen molar-refractivity contribution in [2.75, 3.05) is 13.2 Å². The minimum absolute atomic E-state index is 0.185. The lowest BCUT2D eigenvalue weighted by atomic mass is 10.1. The van der Waals surface area contributed by atoms with Crippen molar-refractivity contribution in [3.05, 3.63) is 35.8 Å². The average Bonchev–Trinajstić information content (AvgIpc) is 2.46. The number of rotatable bonds is 2. The Balaban J connectivity index is 2.06. The summed E-state index contributed by atoms with van der Waals surface area (Å²) < 4.78 is 11.0. The molecule has 0 amide bonds. The smallest absolute Gasteiger partial charge is 0.193 e. The Hall–Kier alpha value is -2.43. The molecule has 0 spiro atoms. The first kappa shape index (κ1) is 11.6. The Labute approximate surface area is 110 Å². The molecule has 0 fully saturated rings. The number of aldehydes is 1. The molecule has 19 heavy (non-hydrogen) atoms. The van der Waals surface area contributed by atoms with Gasteiger partial charge < -0.3 is 9.47 Å². The molecular weight excluding hydrogens is 244 g/mol. The van der Waals surface area contributed by atoms with Crippen molar-refractivity contribution < 1.29 is 14.3 Å².